The lowest BCUT2D eigenvalue weighted by molar-refractivity contribution is 0.0746. The zero-order valence-corrected chi connectivity index (χ0v) is 16.4. The van der Waals surface area contributed by atoms with Gasteiger partial charge in [-0.2, -0.15) is 0 Å². The first kappa shape index (κ1) is 18.3. The van der Waals surface area contributed by atoms with Gasteiger partial charge in [-0.05, 0) is 43.2 Å². The molecule has 6 heteroatoms. The number of benzene rings is 1. The lowest BCUT2D eigenvalue weighted by atomic mass is 10.1. The van der Waals surface area contributed by atoms with Crippen molar-refractivity contribution in [1.29, 1.82) is 0 Å². The first-order valence-corrected chi connectivity index (χ1v) is 9.94. The van der Waals surface area contributed by atoms with Crippen molar-refractivity contribution in [1.82, 2.24) is 19.9 Å². The first-order valence-electron chi connectivity index (χ1n) is 9.94. The molecule has 0 atom stereocenters. The van der Waals surface area contributed by atoms with Crippen LogP contribution in [0.4, 0.5) is 5.82 Å². The highest BCUT2D eigenvalue weighted by atomic mass is 16.2. The Balaban J connectivity index is 1.51. The van der Waals surface area contributed by atoms with E-state index in [0.29, 0.717) is 18.7 Å². The van der Waals surface area contributed by atoms with Crippen molar-refractivity contribution in [2.45, 2.75) is 26.7 Å². The van der Waals surface area contributed by atoms with Gasteiger partial charge in [0.15, 0.2) is 0 Å². The van der Waals surface area contributed by atoms with E-state index in [9.17, 15) is 4.79 Å². The van der Waals surface area contributed by atoms with E-state index in [-0.39, 0.29) is 5.91 Å². The van der Waals surface area contributed by atoms with E-state index in [4.69, 9.17) is 9.97 Å². The summed E-state index contributed by atoms with van der Waals surface area (Å²) in [6.07, 6.45) is 3.52. The average Bonchev–Trinajstić information content (AvgIpc) is 2.78. The molecule has 1 amide bonds. The Morgan fingerprint density at radius 2 is 1.64 bits per heavy atom. The number of rotatable bonds is 4. The summed E-state index contributed by atoms with van der Waals surface area (Å²) in [4.78, 5) is 31.0. The Morgan fingerprint density at radius 3 is 2.29 bits per heavy atom. The molecule has 0 saturated carbocycles. The van der Waals surface area contributed by atoms with Gasteiger partial charge in [0.2, 0.25) is 0 Å². The van der Waals surface area contributed by atoms with Crippen LogP contribution in [0.1, 0.15) is 35.6 Å². The molecule has 144 valence electrons. The van der Waals surface area contributed by atoms with Crippen molar-refractivity contribution in [2.75, 3.05) is 31.1 Å². The molecule has 6 nitrogen and oxygen atoms in total. The number of anilines is 1. The summed E-state index contributed by atoms with van der Waals surface area (Å²) in [5.74, 6) is 1.02. The van der Waals surface area contributed by atoms with Crippen LogP contribution in [0.5, 0.6) is 0 Å². The summed E-state index contributed by atoms with van der Waals surface area (Å²) in [5.41, 5.74) is 4.39. The van der Waals surface area contributed by atoms with Gasteiger partial charge < -0.3 is 9.80 Å². The maximum absolute atomic E-state index is 13.0. The molecule has 1 fully saturated rings. The predicted octanol–water partition coefficient (Wildman–Crippen LogP) is 3.11. The van der Waals surface area contributed by atoms with E-state index < -0.39 is 0 Å². The van der Waals surface area contributed by atoms with Gasteiger partial charge in [0.1, 0.15) is 5.82 Å². The minimum Gasteiger partial charge on any atom is -0.353 e. The van der Waals surface area contributed by atoms with E-state index in [2.05, 4.69) is 23.7 Å². The molecule has 0 bridgehead atoms. The van der Waals surface area contributed by atoms with Gasteiger partial charge in [0.05, 0.1) is 22.4 Å². The number of aryl methyl sites for hydroxylation is 2. The second-order valence-electron chi connectivity index (χ2n) is 6.99. The van der Waals surface area contributed by atoms with E-state index in [1.54, 1.807) is 6.20 Å². The molecule has 0 N–H and O–H groups in total. The Labute approximate surface area is 165 Å². The maximum Gasteiger partial charge on any atom is 0.254 e. The third-order valence-corrected chi connectivity index (χ3v) is 5.28. The van der Waals surface area contributed by atoms with Crippen LogP contribution in [-0.4, -0.2) is 51.9 Å². The van der Waals surface area contributed by atoms with Gasteiger partial charge >= 0.3 is 0 Å². The minimum atomic E-state index is 0.0574. The van der Waals surface area contributed by atoms with Crippen LogP contribution in [0.3, 0.4) is 0 Å². The second kappa shape index (κ2) is 7.92. The van der Waals surface area contributed by atoms with Crippen LogP contribution < -0.4 is 4.90 Å². The smallest absolute Gasteiger partial charge is 0.254 e. The number of piperazine rings is 1. The maximum atomic E-state index is 13.0. The van der Waals surface area contributed by atoms with Crippen molar-refractivity contribution in [3.05, 3.63) is 59.5 Å². The van der Waals surface area contributed by atoms with Crippen molar-refractivity contribution in [2.24, 2.45) is 0 Å². The summed E-state index contributed by atoms with van der Waals surface area (Å²) in [6, 6.07) is 11.6. The number of hydrogen-bond donors (Lipinski definition) is 0. The molecule has 0 aliphatic carbocycles. The highest BCUT2D eigenvalue weighted by Gasteiger charge is 2.23. The fraction of sp³-hybridized carbons (Fsp3) is 0.364. The zero-order chi connectivity index (χ0) is 19.5. The van der Waals surface area contributed by atoms with Crippen LogP contribution in [0.25, 0.3) is 11.0 Å². The molecule has 1 aromatic carbocycles. The molecule has 2 aromatic heterocycles. The van der Waals surface area contributed by atoms with Crippen molar-refractivity contribution >= 4 is 22.8 Å². The van der Waals surface area contributed by atoms with Crippen LogP contribution in [0.2, 0.25) is 0 Å². The van der Waals surface area contributed by atoms with Crippen LogP contribution >= 0.6 is 0 Å². The van der Waals surface area contributed by atoms with Gasteiger partial charge in [0, 0.05) is 37.9 Å². The fourth-order valence-corrected chi connectivity index (χ4v) is 3.69. The normalized spacial score (nSPS) is 14.5. The summed E-state index contributed by atoms with van der Waals surface area (Å²) >= 11 is 0. The topological polar surface area (TPSA) is 62.2 Å². The standard InChI is InChI=1S/C22H25N5O/c1-3-17-18(4-2)25-20-15-16(8-9-19(20)24-17)22(28)27-13-11-26(12-14-27)21-7-5-6-10-23-21/h5-10,15H,3-4,11-14H2,1-2H3. The molecular weight excluding hydrogens is 350 g/mol. The molecule has 4 rings (SSSR count). The third kappa shape index (κ3) is 3.54. The highest BCUT2D eigenvalue weighted by Crippen LogP contribution is 2.19. The summed E-state index contributed by atoms with van der Waals surface area (Å²) in [7, 11) is 0. The average molecular weight is 375 g/mol. The van der Waals surface area contributed by atoms with Gasteiger partial charge in [0.25, 0.3) is 5.91 Å². The van der Waals surface area contributed by atoms with E-state index >= 15 is 0 Å². The number of aromatic nitrogens is 3. The molecular formula is C22H25N5O. The molecule has 1 aliphatic heterocycles. The number of carbonyl (C=O) groups excluding carboxylic acids is 1. The Kier molecular flexibility index (Phi) is 5.19. The van der Waals surface area contributed by atoms with Crippen LogP contribution in [0.15, 0.2) is 42.6 Å². The summed E-state index contributed by atoms with van der Waals surface area (Å²) < 4.78 is 0. The molecule has 0 radical (unpaired) electrons. The van der Waals surface area contributed by atoms with Crippen molar-refractivity contribution in [3.8, 4) is 0 Å². The Bertz CT molecular complexity index is 981. The molecule has 0 spiro atoms. The van der Waals surface area contributed by atoms with Gasteiger partial charge in [-0.1, -0.05) is 19.9 Å². The van der Waals surface area contributed by atoms with Gasteiger partial charge in [-0.25, -0.2) is 15.0 Å². The molecule has 3 heterocycles. The second-order valence-corrected chi connectivity index (χ2v) is 6.99. The van der Waals surface area contributed by atoms with Crippen LogP contribution in [-0.2, 0) is 12.8 Å². The number of hydrogen-bond acceptors (Lipinski definition) is 5. The minimum absolute atomic E-state index is 0.0574. The summed E-state index contributed by atoms with van der Waals surface area (Å²) in [6.45, 7) is 7.14. The number of nitrogens with zero attached hydrogens (tertiary/aromatic N) is 5. The van der Waals surface area contributed by atoms with Crippen molar-refractivity contribution in [3.63, 3.8) is 0 Å². The number of amides is 1. The molecule has 1 saturated heterocycles. The van der Waals surface area contributed by atoms with E-state index in [0.717, 1.165) is 54.2 Å². The number of carbonyl (C=O) groups is 1. The predicted molar refractivity (Wildman–Crippen MR) is 111 cm³/mol. The van der Waals surface area contributed by atoms with E-state index in [1.807, 2.05) is 41.3 Å². The molecule has 1 aliphatic rings. The summed E-state index contributed by atoms with van der Waals surface area (Å²) in [5, 5.41) is 0. The number of fused-ring (bicyclic) bond motifs is 1. The van der Waals surface area contributed by atoms with Crippen LogP contribution in [0, 0.1) is 0 Å². The third-order valence-electron chi connectivity index (χ3n) is 5.28. The molecule has 28 heavy (non-hydrogen) atoms. The van der Waals surface area contributed by atoms with E-state index in [1.165, 1.54) is 0 Å². The fourth-order valence-electron chi connectivity index (χ4n) is 3.69. The first-order chi connectivity index (χ1) is 13.7. The molecule has 3 aromatic rings. The quantitative estimate of drug-likeness (QED) is 0.701. The van der Waals surface area contributed by atoms with Crippen molar-refractivity contribution < 1.29 is 4.79 Å². The monoisotopic (exact) mass is 375 g/mol. The largest absolute Gasteiger partial charge is 0.353 e. The Morgan fingerprint density at radius 1 is 0.929 bits per heavy atom. The molecule has 0 unspecified atom stereocenters. The zero-order valence-electron chi connectivity index (χ0n) is 16.4. The lowest BCUT2D eigenvalue weighted by Crippen LogP contribution is -2.49. The van der Waals surface area contributed by atoms with Gasteiger partial charge in [-0.3, -0.25) is 4.79 Å². The SMILES string of the molecule is CCc1nc2ccc(C(=O)N3CCN(c4ccccn4)CC3)cc2nc1CC. The number of pyridine rings is 1. The lowest BCUT2D eigenvalue weighted by Gasteiger charge is -2.35. The highest BCUT2D eigenvalue weighted by molar-refractivity contribution is 5.97. The van der Waals surface area contributed by atoms with Gasteiger partial charge in [-0.15, -0.1) is 0 Å². The Hall–Kier alpha value is -3.02.